The fourth-order valence-corrected chi connectivity index (χ4v) is 3.80. The van der Waals surface area contributed by atoms with Crippen molar-refractivity contribution in [2.45, 2.75) is 38.5 Å². The number of nitrogens with two attached hydrogens (primary N) is 1. The van der Waals surface area contributed by atoms with E-state index in [4.69, 9.17) is 5.73 Å². The molecule has 1 aliphatic carbocycles. The number of benzene rings is 1. The van der Waals surface area contributed by atoms with Crippen LogP contribution in [-0.2, 0) is 4.79 Å². The van der Waals surface area contributed by atoms with Crippen LogP contribution in [0, 0.1) is 12.8 Å². The van der Waals surface area contributed by atoms with Gasteiger partial charge in [0.15, 0.2) is 0 Å². The molecule has 0 radical (unpaired) electrons. The largest absolute Gasteiger partial charge is 0.369 e. The summed E-state index contributed by atoms with van der Waals surface area (Å²) in [5, 5.41) is 4.56. The average Bonchev–Trinajstić information content (AvgIpc) is 3.40. The van der Waals surface area contributed by atoms with Gasteiger partial charge in [-0.25, -0.2) is 4.68 Å². The molecule has 0 atom stereocenters. The summed E-state index contributed by atoms with van der Waals surface area (Å²) in [5.74, 6) is 0.0497. The monoisotopic (exact) mass is 352 g/mol. The van der Waals surface area contributed by atoms with Crippen LogP contribution in [0.5, 0.6) is 0 Å². The van der Waals surface area contributed by atoms with E-state index in [2.05, 4.69) is 18.1 Å². The van der Waals surface area contributed by atoms with Crippen molar-refractivity contribution >= 4 is 11.8 Å². The van der Waals surface area contributed by atoms with Crippen LogP contribution in [0.1, 0.15) is 53.2 Å². The first-order valence-corrected chi connectivity index (χ1v) is 9.28. The van der Waals surface area contributed by atoms with Gasteiger partial charge in [0.25, 0.3) is 5.91 Å². The molecular formula is C20H24N4O2. The summed E-state index contributed by atoms with van der Waals surface area (Å²) < 4.78 is 1.94. The highest BCUT2D eigenvalue weighted by Gasteiger charge is 2.35. The summed E-state index contributed by atoms with van der Waals surface area (Å²) in [6.07, 6.45) is 5.20. The van der Waals surface area contributed by atoms with Gasteiger partial charge in [-0.2, -0.15) is 5.10 Å². The van der Waals surface area contributed by atoms with Gasteiger partial charge in [-0.15, -0.1) is 0 Å². The lowest BCUT2D eigenvalue weighted by Gasteiger charge is -2.30. The fourth-order valence-electron chi connectivity index (χ4n) is 3.80. The van der Waals surface area contributed by atoms with E-state index in [9.17, 15) is 9.59 Å². The molecule has 2 aliphatic rings. The fraction of sp³-hybridized carbons (Fsp3) is 0.450. The number of amides is 2. The smallest absolute Gasteiger partial charge is 0.257 e. The zero-order valence-electron chi connectivity index (χ0n) is 15.0. The van der Waals surface area contributed by atoms with Crippen molar-refractivity contribution < 1.29 is 9.59 Å². The molecule has 6 nitrogen and oxygen atoms in total. The molecule has 1 aromatic carbocycles. The van der Waals surface area contributed by atoms with Crippen molar-refractivity contribution in [1.29, 1.82) is 0 Å². The van der Waals surface area contributed by atoms with Crippen LogP contribution in [-0.4, -0.2) is 39.6 Å². The third-order valence-electron chi connectivity index (χ3n) is 5.53. The Labute approximate surface area is 153 Å². The van der Waals surface area contributed by atoms with Gasteiger partial charge in [-0.05, 0) is 44.2 Å². The van der Waals surface area contributed by atoms with E-state index in [1.54, 1.807) is 6.20 Å². The van der Waals surface area contributed by atoms with Crippen molar-refractivity contribution in [3.63, 3.8) is 0 Å². The molecule has 136 valence electrons. The van der Waals surface area contributed by atoms with E-state index in [1.807, 2.05) is 27.8 Å². The van der Waals surface area contributed by atoms with Gasteiger partial charge in [0, 0.05) is 24.9 Å². The highest BCUT2D eigenvalue weighted by Crippen LogP contribution is 2.43. The summed E-state index contributed by atoms with van der Waals surface area (Å²) in [5.41, 5.74) is 9.30. The predicted molar refractivity (Wildman–Crippen MR) is 98.1 cm³/mol. The van der Waals surface area contributed by atoms with Crippen molar-refractivity contribution in [3.05, 3.63) is 47.3 Å². The highest BCUT2D eigenvalue weighted by molar-refractivity contribution is 5.96. The Hall–Kier alpha value is -2.63. The van der Waals surface area contributed by atoms with Crippen molar-refractivity contribution in [1.82, 2.24) is 14.7 Å². The molecule has 2 heterocycles. The molecule has 0 spiro atoms. The molecule has 0 unspecified atom stereocenters. The minimum absolute atomic E-state index is 0.0228. The van der Waals surface area contributed by atoms with Gasteiger partial charge in [0.1, 0.15) is 0 Å². The highest BCUT2D eigenvalue weighted by atomic mass is 16.2. The molecule has 2 aromatic rings. The third kappa shape index (κ3) is 3.00. The zero-order valence-corrected chi connectivity index (χ0v) is 15.0. The number of likely N-dealkylation sites (tertiary alicyclic amines) is 1. The molecule has 2 fully saturated rings. The summed E-state index contributed by atoms with van der Waals surface area (Å²) in [4.78, 5) is 26.3. The Morgan fingerprint density at radius 1 is 1.12 bits per heavy atom. The second kappa shape index (κ2) is 6.59. The number of hydrogen-bond acceptors (Lipinski definition) is 3. The van der Waals surface area contributed by atoms with Gasteiger partial charge in [-0.1, -0.05) is 18.2 Å². The van der Waals surface area contributed by atoms with Gasteiger partial charge in [0.2, 0.25) is 5.91 Å². The number of carbonyl (C=O) groups is 2. The number of carbonyl (C=O) groups excluding carboxylic acids is 2. The van der Waals surface area contributed by atoms with E-state index in [0.29, 0.717) is 37.4 Å². The molecular weight excluding hydrogens is 328 g/mol. The maximum Gasteiger partial charge on any atom is 0.257 e. The van der Waals surface area contributed by atoms with Gasteiger partial charge < -0.3 is 10.6 Å². The number of piperidine rings is 1. The molecule has 1 aliphatic heterocycles. The first-order valence-electron chi connectivity index (χ1n) is 9.28. The predicted octanol–water partition coefficient (Wildman–Crippen LogP) is 2.40. The Morgan fingerprint density at radius 2 is 1.81 bits per heavy atom. The lowest BCUT2D eigenvalue weighted by atomic mass is 9.96. The number of nitrogens with zero attached hydrogens (tertiary/aromatic N) is 3. The number of aryl methyl sites for hydroxylation is 1. The van der Waals surface area contributed by atoms with Crippen LogP contribution >= 0.6 is 0 Å². The molecule has 6 heteroatoms. The Bertz CT molecular complexity index is 845. The first-order chi connectivity index (χ1) is 12.6. The van der Waals surface area contributed by atoms with Gasteiger partial charge in [0.05, 0.1) is 23.1 Å². The molecule has 26 heavy (non-hydrogen) atoms. The quantitative estimate of drug-likeness (QED) is 0.917. The SMILES string of the molecule is Cc1ccccc1-n1ncc(C(=O)N2CCC(C(N)=O)CC2)c1C1CC1. The lowest BCUT2D eigenvalue weighted by Crippen LogP contribution is -2.41. The van der Waals surface area contributed by atoms with Crippen LogP contribution < -0.4 is 5.73 Å². The second-order valence-electron chi connectivity index (χ2n) is 7.38. The molecule has 1 saturated carbocycles. The molecule has 1 aromatic heterocycles. The van der Waals surface area contributed by atoms with Crippen molar-refractivity contribution in [2.75, 3.05) is 13.1 Å². The molecule has 2 amide bonds. The van der Waals surface area contributed by atoms with Gasteiger partial charge in [-0.3, -0.25) is 9.59 Å². The van der Waals surface area contributed by atoms with Crippen LogP contribution in [0.15, 0.2) is 30.5 Å². The molecule has 2 N–H and O–H groups in total. The van der Waals surface area contributed by atoms with Gasteiger partial charge >= 0.3 is 0 Å². The van der Waals surface area contributed by atoms with E-state index in [-0.39, 0.29) is 17.7 Å². The van der Waals surface area contributed by atoms with Crippen molar-refractivity contribution in [3.8, 4) is 5.69 Å². The first kappa shape index (κ1) is 16.8. The zero-order chi connectivity index (χ0) is 18.3. The van der Waals surface area contributed by atoms with E-state index >= 15 is 0 Å². The van der Waals surface area contributed by atoms with Crippen molar-refractivity contribution in [2.24, 2.45) is 11.7 Å². The number of para-hydroxylation sites is 1. The minimum atomic E-state index is -0.261. The number of rotatable bonds is 4. The third-order valence-corrected chi connectivity index (χ3v) is 5.53. The molecule has 0 bridgehead atoms. The molecule has 4 rings (SSSR count). The average molecular weight is 352 g/mol. The summed E-state index contributed by atoms with van der Waals surface area (Å²) in [7, 11) is 0. The summed E-state index contributed by atoms with van der Waals surface area (Å²) in [6, 6.07) is 8.11. The Kier molecular flexibility index (Phi) is 4.26. The van der Waals surface area contributed by atoms with Crippen LogP contribution in [0.4, 0.5) is 0 Å². The van der Waals surface area contributed by atoms with E-state index < -0.39 is 0 Å². The maximum atomic E-state index is 13.1. The second-order valence-corrected chi connectivity index (χ2v) is 7.38. The maximum absolute atomic E-state index is 13.1. The topological polar surface area (TPSA) is 81.2 Å². The number of hydrogen-bond donors (Lipinski definition) is 1. The summed E-state index contributed by atoms with van der Waals surface area (Å²) >= 11 is 0. The normalized spacial score (nSPS) is 18.1. The Balaban J connectivity index is 1.63. The number of primary amides is 1. The Morgan fingerprint density at radius 3 is 2.42 bits per heavy atom. The summed E-state index contributed by atoms with van der Waals surface area (Å²) in [6.45, 7) is 3.21. The van der Waals surface area contributed by atoms with E-state index in [0.717, 1.165) is 29.8 Å². The molecule has 1 saturated heterocycles. The van der Waals surface area contributed by atoms with Crippen LogP contribution in [0.25, 0.3) is 5.69 Å². The van der Waals surface area contributed by atoms with Crippen LogP contribution in [0.2, 0.25) is 0 Å². The lowest BCUT2D eigenvalue weighted by molar-refractivity contribution is -0.123. The van der Waals surface area contributed by atoms with E-state index in [1.165, 1.54) is 0 Å². The number of aromatic nitrogens is 2. The standard InChI is InChI=1S/C20H24N4O2/c1-13-4-2-3-5-17(13)24-18(14-6-7-14)16(12-22-24)20(26)23-10-8-15(9-11-23)19(21)25/h2-5,12,14-15H,6-11H2,1H3,(H2,21,25). The van der Waals surface area contributed by atoms with Crippen LogP contribution in [0.3, 0.4) is 0 Å². The minimum Gasteiger partial charge on any atom is -0.369 e.